The molecule has 0 radical (unpaired) electrons. The number of rotatable bonds is 3. The third-order valence-electron chi connectivity index (χ3n) is 3.43. The first-order valence-corrected chi connectivity index (χ1v) is 6.25. The summed E-state index contributed by atoms with van der Waals surface area (Å²) in [5, 5.41) is 10.0. The molecule has 0 aliphatic carbocycles. The van der Waals surface area contributed by atoms with Crippen LogP contribution in [0.4, 0.5) is 5.69 Å². The third kappa shape index (κ3) is 2.57. The van der Waals surface area contributed by atoms with Crippen molar-refractivity contribution in [2.45, 2.75) is 32.1 Å². The van der Waals surface area contributed by atoms with E-state index in [1.54, 1.807) is 0 Å². The molecule has 1 saturated heterocycles. The second-order valence-electron chi connectivity index (χ2n) is 4.47. The second-order valence-corrected chi connectivity index (χ2v) is 4.91. The Morgan fingerprint density at radius 1 is 1.53 bits per heavy atom. The number of aliphatic hydroxyl groups excluding tert-OH is 1. The first-order valence-electron chi connectivity index (χ1n) is 5.87. The molecule has 17 heavy (non-hydrogen) atoms. The second kappa shape index (κ2) is 5.25. The van der Waals surface area contributed by atoms with Gasteiger partial charge in [-0.05, 0) is 31.5 Å². The first-order chi connectivity index (χ1) is 8.13. The van der Waals surface area contributed by atoms with Gasteiger partial charge in [0.25, 0.3) is 0 Å². The maximum absolute atomic E-state index is 9.38. The van der Waals surface area contributed by atoms with E-state index in [2.05, 4.69) is 11.8 Å². The molecular formula is C13H18ClNO2. The summed E-state index contributed by atoms with van der Waals surface area (Å²) in [7, 11) is 2.04. The minimum Gasteiger partial charge on any atom is -0.392 e. The number of anilines is 1. The molecule has 4 heteroatoms. The molecule has 1 fully saturated rings. The Morgan fingerprint density at radius 2 is 2.29 bits per heavy atom. The van der Waals surface area contributed by atoms with Gasteiger partial charge >= 0.3 is 0 Å². The molecule has 1 heterocycles. The Bertz CT molecular complexity index is 397. The van der Waals surface area contributed by atoms with Crippen LogP contribution in [0.5, 0.6) is 0 Å². The van der Waals surface area contributed by atoms with Gasteiger partial charge in [-0.3, -0.25) is 0 Å². The van der Waals surface area contributed by atoms with E-state index in [0.29, 0.717) is 11.1 Å². The van der Waals surface area contributed by atoms with Crippen LogP contribution in [0.15, 0.2) is 18.2 Å². The third-order valence-corrected chi connectivity index (χ3v) is 3.66. The summed E-state index contributed by atoms with van der Waals surface area (Å²) in [6.07, 6.45) is 1.24. The van der Waals surface area contributed by atoms with Crippen molar-refractivity contribution in [1.29, 1.82) is 0 Å². The number of halogens is 1. The van der Waals surface area contributed by atoms with Gasteiger partial charge in [-0.2, -0.15) is 0 Å². The van der Waals surface area contributed by atoms with Crippen molar-refractivity contribution in [1.82, 2.24) is 0 Å². The molecule has 0 aromatic heterocycles. The highest BCUT2D eigenvalue weighted by molar-refractivity contribution is 6.30. The lowest BCUT2D eigenvalue weighted by molar-refractivity contribution is 0.118. The lowest BCUT2D eigenvalue weighted by Crippen LogP contribution is -2.37. The molecule has 3 nitrogen and oxygen atoms in total. The van der Waals surface area contributed by atoms with E-state index in [1.165, 1.54) is 0 Å². The zero-order valence-corrected chi connectivity index (χ0v) is 10.9. The predicted molar refractivity (Wildman–Crippen MR) is 69.6 cm³/mol. The molecule has 2 rings (SSSR count). The van der Waals surface area contributed by atoms with Crippen LogP contribution in [0, 0.1) is 0 Å². The Balaban J connectivity index is 2.26. The first kappa shape index (κ1) is 12.7. The summed E-state index contributed by atoms with van der Waals surface area (Å²) in [6.45, 7) is 2.89. The number of likely N-dealkylation sites (N-methyl/N-ethyl adjacent to an activating group) is 1. The van der Waals surface area contributed by atoms with Crippen molar-refractivity contribution in [2.24, 2.45) is 0 Å². The molecule has 0 bridgehead atoms. The highest BCUT2D eigenvalue weighted by Gasteiger charge is 2.28. The number of aliphatic hydroxyl groups is 1. The Hall–Kier alpha value is -0.770. The van der Waals surface area contributed by atoms with Crippen LogP contribution in [-0.4, -0.2) is 30.9 Å². The lowest BCUT2D eigenvalue weighted by atomic mass is 10.1. The molecule has 1 N–H and O–H groups in total. The van der Waals surface area contributed by atoms with Gasteiger partial charge in [0.1, 0.15) is 0 Å². The molecule has 1 aliphatic rings. The number of benzene rings is 1. The van der Waals surface area contributed by atoms with Crippen LogP contribution in [0.3, 0.4) is 0 Å². The summed E-state index contributed by atoms with van der Waals surface area (Å²) < 4.78 is 5.58. The SMILES string of the molecule is CC1OCCC1N(C)c1ccc(Cl)cc1CO. The van der Waals surface area contributed by atoms with E-state index in [4.69, 9.17) is 16.3 Å². The number of ether oxygens (including phenoxy) is 1. The molecule has 1 aromatic carbocycles. The Labute approximate surface area is 107 Å². The summed E-state index contributed by atoms with van der Waals surface area (Å²) in [6, 6.07) is 5.99. The number of hydrogen-bond donors (Lipinski definition) is 1. The Kier molecular flexibility index (Phi) is 3.92. The predicted octanol–water partition coefficient (Wildman–Crippen LogP) is 2.45. The van der Waals surface area contributed by atoms with Gasteiger partial charge in [0.2, 0.25) is 0 Å². The molecule has 0 spiro atoms. The minimum absolute atomic E-state index is 0.00217. The van der Waals surface area contributed by atoms with E-state index in [9.17, 15) is 5.11 Å². The summed E-state index contributed by atoms with van der Waals surface area (Å²) in [4.78, 5) is 2.18. The summed E-state index contributed by atoms with van der Waals surface area (Å²) >= 11 is 5.93. The number of nitrogens with zero attached hydrogens (tertiary/aromatic N) is 1. The molecule has 0 amide bonds. The molecule has 2 unspecified atom stereocenters. The van der Waals surface area contributed by atoms with Crippen molar-refractivity contribution >= 4 is 17.3 Å². The van der Waals surface area contributed by atoms with Gasteiger partial charge in [-0.25, -0.2) is 0 Å². The van der Waals surface area contributed by atoms with Gasteiger partial charge in [0.15, 0.2) is 0 Å². The Morgan fingerprint density at radius 3 is 2.88 bits per heavy atom. The highest BCUT2D eigenvalue weighted by Crippen LogP contribution is 2.29. The van der Waals surface area contributed by atoms with E-state index in [0.717, 1.165) is 24.3 Å². The maximum atomic E-state index is 9.38. The summed E-state index contributed by atoms with van der Waals surface area (Å²) in [5.41, 5.74) is 1.89. The molecule has 1 aromatic rings. The van der Waals surface area contributed by atoms with Crippen LogP contribution in [0.25, 0.3) is 0 Å². The van der Waals surface area contributed by atoms with Gasteiger partial charge in [-0.15, -0.1) is 0 Å². The van der Waals surface area contributed by atoms with Gasteiger partial charge in [-0.1, -0.05) is 11.6 Å². The molecule has 2 atom stereocenters. The lowest BCUT2D eigenvalue weighted by Gasteiger charge is -2.30. The maximum Gasteiger partial charge on any atom is 0.0750 e. The van der Waals surface area contributed by atoms with Crippen molar-refractivity contribution in [3.05, 3.63) is 28.8 Å². The average Bonchev–Trinajstić information content (AvgIpc) is 2.74. The van der Waals surface area contributed by atoms with Crippen molar-refractivity contribution < 1.29 is 9.84 Å². The highest BCUT2D eigenvalue weighted by atomic mass is 35.5. The monoisotopic (exact) mass is 255 g/mol. The molecular weight excluding hydrogens is 238 g/mol. The van der Waals surface area contributed by atoms with Crippen LogP contribution in [0.2, 0.25) is 5.02 Å². The fourth-order valence-corrected chi connectivity index (χ4v) is 2.63. The van der Waals surface area contributed by atoms with Crippen LogP contribution in [0.1, 0.15) is 18.9 Å². The molecule has 1 aliphatic heterocycles. The largest absolute Gasteiger partial charge is 0.392 e. The summed E-state index contributed by atoms with van der Waals surface area (Å²) in [5.74, 6) is 0. The quantitative estimate of drug-likeness (QED) is 0.901. The van der Waals surface area contributed by atoms with Crippen LogP contribution < -0.4 is 4.90 Å². The average molecular weight is 256 g/mol. The van der Waals surface area contributed by atoms with E-state index in [-0.39, 0.29) is 12.7 Å². The van der Waals surface area contributed by atoms with Crippen molar-refractivity contribution in [3.63, 3.8) is 0 Å². The zero-order valence-electron chi connectivity index (χ0n) is 10.2. The number of hydrogen-bond acceptors (Lipinski definition) is 3. The molecule has 0 saturated carbocycles. The van der Waals surface area contributed by atoms with Crippen molar-refractivity contribution in [3.8, 4) is 0 Å². The van der Waals surface area contributed by atoms with Crippen molar-refractivity contribution in [2.75, 3.05) is 18.6 Å². The van der Waals surface area contributed by atoms with Gasteiger partial charge < -0.3 is 14.7 Å². The zero-order chi connectivity index (χ0) is 12.4. The van der Waals surface area contributed by atoms with E-state index >= 15 is 0 Å². The topological polar surface area (TPSA) is 32.7 Å². The van der Waals surface area contributed by atoms with E-state index < -0.39 is 0 Å². The van der Waals surface area contributed by atoms with Gasteiger partial charge in [0.05, 0.1) is 18.8 Å². The van der Waals surface area contributed by atoms with Crippen LogP contribution in [-0.2, 0) is 11.3 Å². The molecule has 94 valence electrons. The standard InChI is InChI=1S/C13H18ClNO2/c1-9-12(5-6-17-9)15(2)13-4-3-11(14)7-10(13)8-16/h3-4,7,9,12,16H,5-6,8H2,1-2H3. The smallest absolute Gasteiger partial charge is 0.0750 e. The van der Waals surface area contributed by atoms with Crippen LogP contribution >= 0.6 is 11.6 Å². The fourth-order valence-electron chi connectivity index (χ4n) is 2.43. The van der Waals surface area contributed by atoms with E-state index in [1.807, 2.05) is 25.2 Å². The minimum atomic E-state index is 0.00217. The van der Waals surface area contributed by atoms with Gasteiger partial charge in [0, 0.05) is 29.9 Å². The normalized spacial score (nSPS) is 24.0. The fraction of sp³-hybridized carbons (Fsp3) is 0.538.